The SMILES string of the molecule is COc1cccc(Nc2nncc(Nc3ccc(C)c(C)c3)n2)c1. The van der Waals surface area contributed by atoms with Gasteiger partial charge in [-0.2, -0.15) is 10.1 Å². The van der Waals surface area contributed by atoms with Crippen molar-refractivity contribution in [1.29, 1.82) is 0 Å². The molecule has 1 aromatic heterocycles. The molecule has 122 valence electrons. The first-order valence-corrected chi connectivity index (χ1v) is 7.59. The zero-order valence-corrected chi connectivity index (χ0v) is 13.9. The molecule has 6 heteroatoms. The summed E-state index contributed by atoms with van der Waals surface area (Å²) in [7, 11) is 1.63. The molecule has 0 fully saturated rings. The van der Waals surface area contributed by atoms with Crippen molar-refractivity contribution in [3.63, 3.8) is 0 Å². The third kappa shape index (κ3) is 3.78. The van der Waals surface area contributed by atoms with Gasteiger partial charge in [0, 0.05) is 17.4 Å². The van der Waals surface area contributed by atoms with E-state index in [0.717, 1.165) is 17.1 Å². The maximum atomic E-state index is 5.21. The average molecular weight is 321 g/mol. The lowest BCUT2D eigenvalue weighted by atomic mass is 10.1. The maximum absolute atomic E-state index is 5.21. The number of anilines is 4. The van der Waals surface area contributed by atoms with E-state index < -0.39 is 0 Å². The molecule has 0 saturated heterocycles. The molecule has 2 aromatic carbocycles. The number of hydrogen-bond donors (Lipinski definition) is 2. The number of benzene rings is 2. The molecule has 24 heavy (non-hydrogen) atoms. The number of aryl methyl sites for hydroxylation is 2. The van der Waals surface area contributed by atoms with Gasteiger partial charge in [0.15, 0.2) is 5.82 Å². The largest absolute Gasteiger partial charge is 0.497 e. The zero-order valence-electron chi connectivity index (χ0n) is 13.9. The van der Waals surface area contributed by atoms with Gasteiger partial charge in [-0.25, -0.2) is 0 Å². The monoisotopic (exact) mass is 321 g/mol. The summed E-state index contributed by atoms with van der Waals surface area (Å²) in [4.78, 5) is 4.43. The fraction of sp³-hybridized carbons (Fsp3) is 0.167. The van der Waals surface area contributed by atoms with Gasteiger partial charge in [-0.1, -0.05) is 12.1 Å². The summed E-state index contributed by atoms with van der Waals surface area (Å²) in [6, 6.07) is 13.7. The van der Waals surface area contributed by atoms with E-state index in [4.69, 9.17) is 4.74 Å². The summed E-state index contributed by atoms with van der Waals surface area (Å²) in [6.07, 6.45) is 1.59. The summed E-state index contributed by atoms with van der Waals surface area (Å²) in [5.74, 6) is 1.80. The molecule has 6 nitrogen and oxygen atoms in total. The van der Waals surface area contributed by atoms with Gasteiger partial charge in [-0.15, -0.1) is 5.10 Å². The average Bonchev–Trinajstić information content (AvgIpc) is 2.59. The molecule has 2 N–H and O–H groups in total. The summed E-state index contributed by atoms with van der Waals surface area (Å²) >= 11 is 0. The van der Waals surface area contributed by atoms with E-state index in [1.165, 1.54) is 11.1 Å². The number of methoxy groups -OCH3 is 1. The Kier molecular flexibility index (Phi) is 4.56. The lowest BCUT2D eigenvalue weighted by molar-refractivity contribution is 0.415. The first-order valence-electron chi connectivity index (χ1n) is 7.59. The van der Waals surface area contributed by atoms with E-state index in [-0.39, 0.29) is 0 Å². The molecule has 0 radical (unpaired) electrons. The molecular weight excluding hydrogens is 302 g/mol. The maximum Gasteiger partial charge on any atom is 0.249 e. The van der Waals surface area contributed by atoms with Crippen LogP contribution in [0.5, 0.6) is 5.75 Å². The van der Waals surface area contributed by atoms with Gasteiger partial charge in [0.1, 0.15) is 5.75 Å². The van der Waals surface area contributed by atoms with Gasteiger partial charge in [0.25, 0.3) is 0 Å². The van der Waals surface area contributed by atoms with Gasteiger partial charge in [0.2, 0.25) is 5.95 Å². The number of nitrogens with zero attached hydrogens (tertiary/aromatic N) is 3. The highest BCUT2D eigenvalue weighted by Crippen LogP contribution is 2.21. The fourth-order valence-corrected chi connectivity index (χ4v) is 2.21. The molecule has 0 atom stereocenters. The molecule has 0 aliphatic rings. The highest BCUT2D eigenvalue weighted by atomic mass is 16.5. The van der Waals surface area contributed by atoms with Gasteiger partial charge in [0.05, 0.1) is 13.3 Å². The van der Waals surface area contributed by atoms with Crippen molar-refractivity contribution in [2.45, 2.75) is 13.8 Å². The van der Waals surface area contributed by atoms with Gasteiger partial charge in [-0.05, 0) is 49.2 Å². The quantitative estimate of drug-likeness (QED) is 0.740. The minimum absolute atomic E-state index is 0.414. The van der Waals surface area contributed by atoms with Crippen LogP contribution in [0, 0.1) is 13.8 Å². The Morgan fingerprint density at radius 1 is 0.917 bits per heavy atom. The Labute approximate surface area is 140 Å². The second-order valence-electron chi connectivity index (χ2n) is 5.45. The molecule has 3 rings (SSSR count). The van der Waals surface area contributed by atoms with Crippen molar-refractivity contribution < 1.29 is 4.74 Å². The third-order valence-corrected chi connectivity index (χ3v) is 3.66. The summed E-state index contributed by atoms with van der Waals surface area (Å²) in [5, 5.41) is 14.4. The highest BCUT2D eigenvalue weighted by molar-refractivity contribution is 5.60. The molecular formula is C18H19N5O. The summed E-state index contributed by atoms with van der Waals surface area (Å²) in [6.45, 7) is 4.16. The minimum atomic E-state index is 0.414. The van der Waals surface area contributed by atoms with Gasteiger partial charge >= 0.3 is 0 Å². The summed E-state index contributed by atoms with van der Waals surface area (Å²) in [5.41, 5.74) is 4.27. The fourth-order valence-electron chi connectivity index (χ4n) is 2.21. The molecule has 0 unspecified atom stereocenters. The molecule has 0 aliphatic carbocycles. The van der Waals surface area contributed by atoms with Crippen molar-refractivity contribution in [1.82, 2.24) is 15.2 Å². The van der Waals surface area contributed by atoms with Crippen LogP contribution >= 0.6 is 0 Å². The van der Waals surface area contributed by atoms with E-state index in [9.17, 15) is 0 Å². The van der Waals surface area contributed by atoms with Crippen LogP contribution in [-0.4, -0.2) is 22.3 Å². The van der Waals surface area contributed by atoms with E-state index in [1.54, 1.807) is 13.3 Å². The van der Waals surface area contributed by atoms with Gasteiger partial charge < -0.3 is 15.4 Å². The number of rotatable bonds is 5. The third-order valence-electron chi connectivity index (χ3n) is 3.66. The second-order valence-corrected chi connectivity index (χ2v) is 5.45. The van der Waals surface area contributed by atoms with Crippen LogP contribution < -0.4 is 15.4 Å². The Bertz CT molecular complexity index is 850. The summed E-state index contributed by atoms with van der Waals surface area (Å²) < 4.78 is 5.21. The molecule has 0 amide bonds. The van der Waals surface area contributed by atoms with Crippen LogP contribution in [0.25, 0.3) is 0 Å². The molecule has 1 heterocycles. The standard InChI is InChI=1S/C18H19N5O/c1-12-7-8-15(9-13(12)2)20-17-11-19-23-18(22-17)21-14-5-4-6-16(10-14)24-3/h4-11H,1-3H3,(H2,20,21,22,23). The van der Waals surface area contributed by atoms with E-state index in [2.05, 4.69) is 51.8 Å². The van der Waals surface area contributed by atoms with Gasteiger partial charge in [-0.3, -0.25) is 0 Å². The smallest absolute Gasteiger partial charge is 0.249 e. The number of aromatic nitrogens is 3. The van der Waals surface area contributed by atoms with Crippen LogP contribution in [-0.2, 0) is 0 Å². The first kappa shape index (κ1) is 15.7. The van der Waals surface area contributed by atoms with Crippen LogP contribution in [0.1, 0.15) is 11.1 Å². The molecule has 0 spiro atoms. The number of hydrogen-bond acceptors (Lipinski definition) is 6. The van der Waals surface area contributed by atoms with Crippen molar-refractivity contribution in [3.8, 4) is 5.75 Å². The van der Waals surface area contributed by atoms with E-state index >= 15 is 0 Å². The topological polar surface area (TPSA) is 72.0 Å². The van der Waals surface area contributed by atoms with Crippen molar-refractivity contribution in [3.05, 3.63) is 59.8 Å². The Morgan fingerprint density at radius 3 is 2.54 bits per heavy atom. The van der Waals surface area contributed by atoms with E-state index in [0.29, 0.717) is 11.8 Å². The molecule has 3 aromatic rings. The van der Waals surface area contributed by atoms with Crippen molar-refractivity contribution in [2.24, 2.45) is 0 Å². The Morgan fingerprint density at radius 2 is 1.75 bits per heavy atom. The first-order chi connectivity index (χ1) is 11.6. The highest BCUT2D eigenvalue weighted by Gasteiger charge is 2.04. The number of ether oxygens (including phenoxy) is 1. The van der Waals surface area contributed by atoms with Crippen LogP contribution in [0.2, 0.25) is 0 Å². The molecule has 0 bridgehead atoms. The Balaban J connectivity index is 1.77. The van der Waals surface area contributed by atoms with Crippen molar-refractivity contribution >= 4 is 23.1 Å². The zero-order chi connectivity index (χ0) is 16.9. The van der Waals surface area contributed by atoms with Crippen LogP contribution in [0.4, 0.5) is 23.1 Å². The van der Waals surface area contributed by atoms with Crippen LogP contribution in [0.15, 0.2) is 48.7 Å². The molecule has 0 saturated carbocycles. The molecule has 0 aliphatic heterocycles. The normalized spacial score (nSPS) is 10.3. The van der Waals surface area contributed by atoms with Crippen LogP contribution in [0.3, 0.4) is 0 Å². The second kappa shape index (κ2) is 6.95. The lowest BCUT2D eigenvalue weighted by Gasteiger charge is -2.09. The Hall–Kier alpha value is -3.15. The van der Waals surface area contributed by atoms with E-state index in [1.807, 2.05) is 30.3 Å². The predicted molar refractivity (Wildman–Crippen MR) is 95.3 cm³/mol. The predicted octanol–water partition coefficient (Wildman–Crippen LogP) is 3.98. The number of nitrogens with one attached hydrogen (secondary N) is 2. The van der Waals surface area contributed by atoms with Crippen molar-refractivity contribution in [2.75, 3.05) is 17.7 Å². The lowest BCUT2D eigenvalue weighted by Crippen LogP contribution is -2.02. The minimum Gasteiger partial charge on any atom is -0.497 e.